The molecule has 6 heteroatoms. The molecule has 0 heterocycles. The minimum atomic E-state index is -0.437. The average Bonchev–Trinajstić information content (AvgIpc) is 2.25. The van der Waals surface area contributed by atoms with E-state index in [4.69, 9.17) is 4.74 Å². The van der Waals surface area contributed by atoms with Gasteiger partial charge in [-0.05, 0) is 12.1 Å². The van der Waals surface area contributed by atoms with Gasteiger partial charge in [-0.3, -0.25) is 14.9 Å². The Balaban J connectivity index is 2.38. The molecule has 0 radical (unpaired) electrons. The zero-order valence-electron chi connectivity index (χ0n) is 8.71. The molecule has 0 aliphatic heterocycles. The van der Waals surface area contributed by atoms with Gasteiger partial charge in [-0.1, -0.05) is 0 Å². The number of rotatable bonds is 5. The largest absolute Gasteiger partial charge is 0.465 e. The van der Waals surface area contributed by atoms with Crippen molar-refractivity contribution in [3.8, 4) is 0 Å². The van der Waals surface area contributed by atoms with Gasteiger partial charge in [0.25, 0.3) is 5.69 Å². The maximum atomic E-state index is 10.5. The summed E-state index contributed by atoms with van der Waals surface area (Å²) < 4.78 is 4.76. The summed E-state index contributed by atoms with van der Waals surface area (Å²) in [4.78, 5) is 21.3. The zero-order valence-corrected chi connectivity index (χ0v) is 9.53. The smallest absolute Gasteiger partial charge is 0.302 e. The van der Waals surface area contributed by atoms with E-state index < -0.39 is 4.92 Å². The van der Waals surface area contributed by atoms with E-state index in [1.807, 2.05) is 0 Å². The monoisotopic (exact) mass is 241 g/mol. The van der Waals surface area contributed by atoms with E-state index >= 15 is 0 Å². The minimum Gasteiger partial charge on any atom is -0.465 e. The minimum absolute atomic E-state index is 0.0735. The number of nitro benzene ring substituents is 1. The van der Waals surface area contributed by atoms with Crippen molar-refractivity contribution in [2.45, 2.75) is 11.8 Å². The second-order valence-electron chi connectivity index (χ2n) is 2.94. The molecular weight excluding hydrogens is 230 g/mol. The van der Waals surface area contributed by atoms with E-state index in [1.165, 1.54) is 30.8 Å². The van der Waals surface area contributed by atoms with Gasteiger partial charge in [-0.25, -0.2) is 0 Å². The highest BCUT2D eigenvalue weighted by Crippen LogP contribution is 2.20. The Hall–Kier alpha value is -1.56. The predicted octanol–water partition coefficient (Wildman–Crippen LogP) is 2.25. The van der Waals surface area contributed by atoms with Gasteiger partial charge < -0.3 is 4.74 Å². The van der Waals surface area contributed by atoms with Gasteiger partial charge >= 0.3 is 5.97 Å². The van der Waals surface area contributed by atoms with Crippen LogP contribution in [0.5, 0.6) is 0 Å². The van der Waals surface area contributed by atoms with Gasteiger partial charge in [-0.15, -0.1) is 11.8 Å². The highest BCUT2D eigenvalue weighted by molar-refractivity contribution is 7.99. The molecule has 16 heavy (non-hydrogen) atoms. The number of carbonyl (C=O) groups excluding carboxylic acids is 1. The summed E-state index contributed by atoms with van der Waals surface area (Å²) in [5, 5.41) is 10.4. The number of carbonyl (C=O) groups is 1. The molecule has 0 aromatic heterocycles. The third-order valence-corrected chi connectivity index (χ3v) is 2.68. The molecule has 1 aromatic rings. The van der Waals surface area contributed by atoms with Crippen molar-refractivity contribution in [1.82, 2.24) is 0 Å². The summed E-state index contributed by atoms with van der Waals surface area (Å²) in [6.45, 7) is 1.70. The molecule has 0 aliphatic carbocycles. The zero-order chi connectivity index (χ0) is 12.0. The Morgan fingerprint density at radius 3 is 2.56 bits per heavy atom. The van der Waals surface area contributed by atoms with Crippen molar-refractivity contribution in [2.24, 2.45) is 0 Å². The highest BCUT2D eigenvalue weighted by atomic mass is 32.2. The molecule has 0 saturated heterocycles. The molecule has 1 aromatic carbocycles. The molecule has 86 valence electrons. The van der Waals surface area contributed by atoms with E-state index in [-0.39, 0.29) is 11.7 Å². The maximum Gasteiger partial charge on any atom is 0.302 e. The third-order valence-electron chi connectivity index (χ3n) is 1.70. The molecular formula is C10H11NO4S. The van der Waals surface area contributed by atoms with E-state index in [1.54, 1.807) is 12.1 Å². The van der Waals surface area contributed by atoms with Gasteiger partial charge in [0.1, 0.15) is 6.61 Å². The molecule has 0 unspecified atom stereocenters. The van der Waals surface area contributed by atoms with Crippen LogP contribution in [0.25, 0.3) is 0 Å². The van der Waals surface area contributed by atoms with Crippen LogP contribution in [0.1, 0.15) is 6.92 Å². The third kappa shape index (κ3) is 4.31. The lowest BCUT2D eigenvalue weighted by atomic mass is 10.3. The number of benzene rings is 1. The molecule has 0 bridgehead atoms. The number of hydrogen-bond donors (Lipinski definition) is 0. The maximum absolute atomic E-state index is 10.5. The Labute approximate surface area is 96.9 Å². The number of ether oxygens (including phenoxy) is 1. The molecule has 1 rings (SSSR count). The van der Waals surface area contributed by atoms with E-state index in [0.717, 1.165) is 4.90 Å². The highest BCUT2D eigenvalue weighted by Gasteiger charge is 2.03. The van der Waals surface area contributed by atoms with Gasteiger partial charge in [0, 0.05) is 29.7 Å². The summed E-state index contributed by atoms with van der Waals surface area (Å²) >= 11 is 1.48. The number of thioether (sulfide) groups is 1. The van der Waals surface area contributed by atoms with Gasteiger partial charge in [0.05, 0.1) is 4.92 Å². The topological polar surface area (TPSA) is 69.4 Å². The molecule has 0 N–H and O–H groups in total. The van der Waals surface area contributed by atoms with E-state index in [0.29, 0.717) is 12.4 Å². The quantitative estimate of drug-likeness (QED) is 0.260. The summed E-state index contributed by atoms with van der Waals surface area (Å²) in [6, 6.07) is 6.26. The second kappa shape index (κ2) is 6.12. The van der Waals surface area contributed by atoms with Crippen molar-refractivity contribution >= 4 is 23.4 Å². The summed E-state index contributed by atoms with van der Waals surface area (Å²) in [6.07, 6.45) is 0. The molecule has 0 spiro atoms. The van der Waals surface area contributed by atoms with Crippen LogP contribution in [0, 0.1) is 10.1 Å². The van der Waals surface area contributed by atoms with Crippen LogP contribution in [-0.4, -0.2) is 23.3 Å². The fourth-order valence-electron chi connectivity index (χ4n) is 1.01. The molecule has 0 saturated carbocycles. The van der Waals surface area contributed by atoms with Gasteiger partial charge in [0.15, 0.2) is 0 Å². The molecule has 0 atom stereocenters. The molecule has 0 aliphatic rings. The number of nitrogens with zero attached hydrogens (tertiary/aromatic N) is 1. The first-order valence-electron chi connectivity index (χ1n) is 4.60. The van der Waals surface area contributed by atoms with Crippen LogP contribution < -0.4 is 0 Å². The normalized spacial score (nSPS) is 9.81. The Morgan fingerprint density at radius 1 is 1.44 bits per heavy atom. The van der Waals surface area contributed by atoms with Crippen LogP contribution in [0.2, 0.25) is 0 Å². The SMILES string of the molecule is CC(=O)OCCSc1ccc([N+](=O)[O-])cc1. The molecule has 0 amide bonds. The summed E-state index contributed by atoms with van der Waals surface area (Å²) in [5.74, 6) is 0.335. The van der Waals surface area contributed by atoms with Crippen molar-refractivity contribution in [2.75, 3.05) is 12.4 Å². The lowest BCUT2D eigenvalue weighted by molar-refractivity contribution is -0.384. The number of nitro groups is 1. The first kappa shape index (κ1) is 12.5. The first-order chi connectivity index (χ1) is 7.59. The van der Waals surface area contributed by atoms with Crippen LogP contribution in [0.3, 0.4) is 0 Å². The standard InChI is InChI=1S/C10H11NO4S/c1-8(12)15-6-7-16-10-4-2-9(3-5-10)11(13)14/h2-5H,6-7H2,1H3. The summed E-state index contributed by atoms with van der Waals surface area (Å²) in [7, 11) is 0. The van der Waals surface area contributed by atoms with Crippen LogP contribution in [-0.2, 0) is 9.53 Å². The van der Waals surface area contributed by atoms with Crippen LogP contribution in [0.15, 0.2) is 29.2 Å². The average molecular weight is 241 g/mol. The first-order valence-corrected chi connectivity index (χ1v) is 5.59. The van der Waals surface area contributed by atoms with Crippen molar-refractivity contribution in [1.29, 1.82) is 0 Å². The fraction of sp³-hybridized carbons (Fsp3) is 0.300. The Bertz CT molecular complexity index is 377. The van der Waals surface area contributed by atoms with Crippen LogP contribution >= 0.6 is 11.8 Å². The van der Waals surface area contributed by atoms with Crippen LogP contribution in [0.4, 0.5) is 5.69 Å². The van der Waals surface area contributed by atoms with E-state index in [2.05, 4.69) is 0 Å². The Morgan fingerprint density at radius 2 is 2.06 bits per heavy atom. The molecule has 5 nitrogen and oxygen atoms in total. The lowest BCUT2D eigenvalue weighted by Crippen LogP contribution is -2.02. The number of esters is 1. The van der Waals surface area contributed by atoms with E-state index in [9.17, 15) is 14.9 Å². The van der Waals surface area contributed by atoms with Gasteiger partial charge in [-0.2, -0.15) is 0 Å². The lowest BCUT2D eigenvalue weighted by Gasteiger charge is -2.01. The van der Waals surface area contributed by atoms with Crippen molar-refractivity contribution in [3.05, 3.63) is 34.4 Å². The van der Waals surface area contributed by atoms with Gasteiger partial charge in [0.2, 0.25) is 0 Å². The van der Waals surface area contributed by atoms with Crippen molar-refractivity contribution in [3.63, 3.8) is 0 Å². The second-order valence-corrected chi connectivity index (χ2v) is 4.11. The summed E-state index contributed by atoms with van der Waals surface area (Å²) in [5.41, 5.74) is 0.0735. The fourth-order valence-corrected chi connectivity index (χ4v) is 1.74. The number of non-ortho nitro benzene ring substituents is 1. The number of hydrogen-bond acceptors (Lipinski definition) is 5. The molecule has 0 fully saturated rings. The van der Waals surface area contributed by atoms with Crippen molar-refractivity contribution < 1.29 is 14.5 Å². The predicted molar refractivity (Wildman–Crippen MR) is 60.5 cm³/mol. The Kier molecular flexibility index (Phi) is 4.78.